The SMILES string of the molecule is CCCCCCCCCCCCCCCCC(C(=O)O)C1CCCC1. The molecular weight excluding hydrogens is 308 g/mol. The lowest BCUT2D eigenvalue weighted by atomic mass is 9.86. The molecular formula is C23H44O2. The predicted molar refractivity (Wildman–Crippen MR) is 108 cm³/mol. The van der Waals surface area contributed by atoms with E-state index in [0.717, 1.165) is 25.7 Å². The molecule has 0 spiro atoms. The summed E-state index contributed by atoms with van der Waals surface area (Å²) in [7, 11) is 0. The molecule has 25 heavy (non-hydrogen) atoms. The van der Waals surface area contributed by atoms with Crippen LogP contribution in [0.4, 0.5) is 0 Å². The van der Waals surface area contributed by atoms with Crippen molar-refractivity contribution >= 4 is 5.97 Å². The highest BCUT2D eigenvalue weighted by molar-refractivity contribution is 5.70. The third kappa shape index (κ3) is 11.7. The van der Waals surface area contributed by atoms with Crippen LogP contribution in [0.15, 0.2) is 0 Å². The molecule has 0 amide bonds. The highest BCUT2D eigenvalue weighted by Gasteiger charge is 2.29. The van der Waals surface area contributed by atoms with Crippen LogP contribution >= 0.6 is 0 Å². The van der Waals surface area contributed by atoms with Gasteiger partial charge in [0.25, 0.3) is 0 Å². The Bertz CT molecular complexity index is 307. The Morgan fingerprint density at radius 2 is 1.16 bits per heavy atom. The summed E-state index contributed by atoms with van der Waals surface area (Å²) in [5.74, 6) is -0.124. The van der Waals surface area contributed by atoms with Crippen molar-refractivity contribution in [3.05, 3.63) is 0 Å². The number of carboxylic acid groups (broad SMARTS) is 1. The van der Waals surface area contributed by atoms with Crippen molar-refractivity contribution in [2.75, 3.05) is 0 Å². The van der Waals surface area contributed by atoms with Crippen LogP contribution in [0.25, 0.3) is 0 Å². The van der Waals surface area contributed by atoms with Crippen LogP contribution in [0.5, 0.6) is 0 Å². The molecule has 1 N–H and O–H groups in total. The van der Waals surface area contributed by atoms with E-state index in [0.29, 0.717) is 5.92 Å². The van der Waals surface area contributed by atoms with Gasteiger partial charge in [0.2, 0.25) is 0 Å². The topological polar surface area (TPSA) is 37.3 Å². The first kappa shape index (κ1) is 22.5. The summed E-state index contributed by atoms with van der Waals surface area (Å²) in [5, 5.41) is 9.44. The number of aliphatic carboxylic acids is 1. The summed E-state index contributed by atoms with van der Waals surface area (Å²) >= 11 is 0. The quantitative estimate of drug-likeness (QED) is 0.272. The van der Waals surface area contributed by atoms with Gasteiger partial charge in [-0.3, -0.25) is 4.79 Å². The van der Waals surface area contributed by atoms with Crippen molar-refractivity contribution in [1.29, 1.82) is 0 Å². The van der Waals surface area contributed by atoms with E-state index in [1.165, 1.54) is 96.3 Å². The third-order valence-electron chi connectivity index (χ3n) is 6.15. The van der Waals surface area contributed by atoms with Gasteiger partial charge in [-0.15, -0.1) is 0 Å². The summed E-state index contributed by atoms with van der Waals surface area (Å²) in [6, 6.07) is 0. The summed E-state index contributed by atoms with van der Waals surface area (Å²) in [6.07, 6.45) is 24.8. The average molecular weight is 353 g/mol. The van der Waals surface area contributed by atoms with E-state index in [4.69, 9.17) is 0 Å². The van der Waals surface area contributed by atoms with Crippen molar-refractivity contribution in [3.63, 3.8) is 0 Å². The van der Waals surface area contributed by atoms with Gasteiger partial charge in [-0.1, -0.05) is 110 Å². The molecule has 1 rings (SSSR count). The van der Waals surface area contributed by atoms with Gasteiger partial charge < -0.3 is 5.11 Å². The van der Waals surface area contributed by atoms with E-state index in [-0.39, 0.29) is 5.92 Å². The fourth-order valence-electron chi connectivity index (χ4n) is 4.48. The van der Waals surface area contributed by atoms with Crippen LogP contribution in [0.2, 0.25) is 0 Å². The highest BCUT2D eigenvalue weighted by Crippen LogP contribution is 2.34. The Hall–Kier alpha value is -0.530. The van der Waals surface area contributed by atoms with Crippen LogP contribution < -0.4 is 0 Å². The highest BCUT2D eigenvalue weighted by atomic mass is 16.4. The number of carbonyl (C=O) groups is 1. The van der Waals surface area contributed by atoms with Gasteiger partial charge >= 0.3 is 5.97 Å². The van der Waals surface area contributed by atoms with Crippen molar-refractivity contribution in [2.24, 2.45) is 11.8 Å². The Morgan fingerprint density at radius 3 is 1.56 bits per heavy atom. The summed E-state index contributed by atoms with van der Waals surface area (Å²) in [6.45, 7) is 2.28. The lowest BCUT2D eigenvalue weighted by Crippen LogP contribution is -2.21. The number of hydrogen-bond donors (Lipinski definition) is 1. The predicted octanol–water partition coefficient (Wildman–Crippen LogP) is 7.75. The first-order chi connectivity index (χ1) is 12.3. The minimum Gasteiger partial charge on any atom is -0.481 e. The van der Waals surface area contributed by atoms with Gasteiger partial charge in [0.05, 0.1) is 5.92 Å². The van der Waals surface area contributed by atoms with Crippen molar-refractivity contribution < 1.29 is 9.90 Å². The molecule has 0 aliphatic heterocycles. The molecule has 1 unspecified atom stereocenters. The molecule has 2 heteroatoms. The minimum absolute atomic E-state index is 0.0557. The molecule has 1 saturated carbocycles. The standard InChI is InChI=1S/C23H44O2/c1-2-3-4-5-6-7-8-9-10-11-12-13-14-15-20-22(23(24)25)21-18-16-17-19-21/h21-22H,2-20H2,1H3,(H,24,25). The van der Waals surface area contributed by atoms with Gasteiger partial charge in [0, 0.05) is 0 Å². The van der Waals surface area contributed by atoms with Crippen LogP contribution in [0.3, 0.4) is 0 Å². The van der Waals surface area contributed by atoms with Crippen molar-refractivity contribution in [3.8, 4) is 0 Å². The zero-order valence-electron chi connectivity index (χ0n) is 16.9. The fraction of sp³-hybridized carbons (Fsp3) is 0.957. The zero-order chi connectivity index (χ0) is 18.2. The van der Waals surface area contributed by atoms with E-state index in [2.05, 4.69) is 6.92 Å². The van der Waals surface area contributed by atoms with Crippen LogP contribution in [0, 0.1) is 11.8 Å². The average Bonchev–Trinajstić information content (AvgIpc) is 3.12. The normalized spacial score (nSPS) is 16.4. The first-order valence-electron chi connectivity index (χ1n) is 11.5. The van der Waals surface area contributed by atoms with E-state index in [9.17, 15) is 9.90 Å². The Balaban J connectivity index is 1.84. The second kappa shape index (κ2) is 15.7. The third-order valence-corrected chi connectivity index (χ3v) is 6.15. The number of rotatable bonds is 17. The molecule has 0 radical (unpaired) electrons. The zero-order valence-corrected chi connectivity index (χ0v) is 16.9. The first-order valence-corrected chi connectivity index (χ1v) is 11.5. The Morgan fingerprint density at radius 1 is 0.760 bits per heavy atom. The lowest BCUT2D eigenvalue weighted by molar-refractivity contribution is -0.144. The summed E-state index contributed by atoms with van der Waals surface area (Å²) < 4.78 is 0. The van der Waals surface area contributed by atoms with Crippen molar-refractivity contribution in [1.82, 2.24) is 0 Å². The summed E-state index contributed by atoms with van der Waals surface area (Å²) in [5.41, 5.74) is 0. The molecule has 1 fully saturated rings. The van der Waals surface area contributed by atoms with Crippen LogP contribution in [-0.2, 0) is 4.79 Å². The van der Waals surface area contributed by atoms with E-state index < -0.39 is 5.97 Å². The van der Waals surface area contributed by atoms with Gasteiger partial charge in [0.15, 0.2) is 0 Å². The molecule has 1 aliphatic carbocycles. The largest absolute Gasteiger partial charge is 0.481 e. The lowest BCUT2D eigenvalue weighted by Gasteiger charge is -2.18. The Labute approximate surface area is 157 Å². The van der Waals surface area contributed by atoms with Crippen molar-refractivity contribution in [2.45, 2.75) is 129 Å². The van der Waals surface area contributed by atoms with Gasteiger partial charge in [0.1, 0.15) is 0 Å². The van der Waals surface area contributed by atoms with E-state index in [1.807, 2.05) is 0 Å². The maximum absolute atomic E-state index is 11.5. The van der Waals surface area contributed by atoms with Crippen LogP contribution in [0.1, 0.15) is 129 Å². The summed E-state index contributed by atoms with van der Waals surface area (Å²) in [4.78, 5) is 11.5. The molecule has 0 aromatic carbocycles. The second-order valence-electron chi connectivity index (χ2n) is 8.37. The molecule has 2 nitrogen and oxygen atoms in total. The minimum atomic E-state index is -0.540. The molecule has 0 aromatic rings. The molecule has 1 atom stereocenters. The van der Waals surface area contributed by atoms with Gasteiger partial charge in [-0.25, -0.2) is 0 Å². The van der Waals surface area contributed by atoms with Gasteiger partial charge in [-0.2, -0.15) is 0 Å². The molecule has 0 bridgehead atoms. The Kier molecular flexibility index (Phi) is 14.1. The van der Waals surface area contributed by atoms with Gasteiger partial charge in [-0.05, 0) is 25.2 Å². The maximum Gasteiger partial charge on any atom is 0.306 e. The smallest absolute Gasteiger partial charge is 0.306 e. The molecule has 148 valence electrons. The van der Waals surface area contributed by atoms with E-state index in [1.54, 1.807) is 0 Å². The molecule has 1 aliphatic rings. The number of carboxylic acids is 1. The van der Waals surface area contributed by atoms with E-state index >= 15 is 0 Å². The fourth-order valence-corrected chi connectivity index (χ4v) is 4.48. The molecule has 0 aromatic heterocycles. The monoisotopic (exact) mass is 352 g/mol. The van der Waals surface area contributed by atoms with Crippen LogP contribution in [-0.4, -0.2) is 11.1 Å². The number of unbranched alkanes of at least 4 members (excludes halogenated alkanes) is 13. The second-order valence-corrected chi connectivity index (χ2v) is 8.37. The molecule has 0 saturated heterocycles. The maximum atomic E-state index is 11.5. The molecule has 0 heterocycles. The number of hydrogen-bond acceptors (Lipinski definition) is 1.